The van der Waals surface area contributed by atoms with Gasteiger partial charge in [0.25, 0.3) is 10.0 Å². The molecule has 3 rings (SSSR count). The van der Waals surface area contributed by atoms with Crippen molar-refractivity contribution in [2.75, 3.05) is 13.1 Å². The molecule has 1 aliphatic rings. The lowest BCUT2D eigenvalue weighted by Crippen LogP contribution is -2.45. The number of aromatic nitrogens is 3. The van der Waals surface area contributed by atoms with Crippen LogP contribution in [0.1, 0.15) is 18.7 Å². The van der Waals surface area contributed by atoms with Gasteiger partial charge in [0.2, 0.25) is 5.91 Å². The minimum atomic E-state index is -3.52. The van der Waals surface area contributed by atoms with E-state index in [9.17, 15) is 13.2 Å². The summed E-state index contributed by atoms with van der Waals surface area (Å²) in [6.07, 6.45) is 1.33. The summed E-state index contributed by atoms with van der Waals surface area (Å²) in [6.45, 7) is 0.888. The normalized spacial score (nSPS) is 19.0. The zero-order valence-corrected chi connectivity index (χ0v) is 16.1. The summed E-state index contributed by atoms with van der Waals surface area (Å²) in [5.41, 5.74) is 0. The maximum Gasteiger partial charge on any atom is 0.252 e. The Morgan fingerprint density at radius 2 is 2.36 bits per heavy atom. The van der Waals surface area contributed by atoms with Crippen molar-refractivity contribution in [1.29, 1.82) is 0 Å². The molecule has 1 amide bonds. The summed E-state index contributed by atoms with van der Waals surface area (Å²) in [6, 6.07) is 3.30. The van der Waals surface area contributed by atoms with Crippen LogP contribution in [-0.4, -0.2) is 46.5 Å². The predicted octanol–water partition coefficient (Wildman–Crippen LogP) is 1.26. The number of thiophene rings is 1. The molecule has 2 N–H and O–H groups in total. The van der Waals surface area contributed by atoms with E-state index in [4.69, 9.17) is 12.2 Å². The van der Waals surface area contributed by atoms with Gasteiger partial charge in [-0.3, -0.25) is 9.89 Å². The first-order chi connectivity index (χ1) is 11.9. The van der Waals surface area contributed by atoms with E-state index >= 15 is 0 Å². The van der Waals surface area contributed by atoms with Crippen LogP contribution in [0.4, 0.5) is 0 Å². The molecule has 3 heterocycles. The lowest BCUT2D eigenvalue weighted by molar-refractivity contribution is -0.126. The second-order valence-corrected chi connectivity index (χ2v) is 9.36. The Hall–Kier alpha value is -1.56. The monoisotopic (exact) mass is 401 g/mol. The number of nitrogens with zero attached hydrogens (tertiary/aromatic N) is 3. The Bertz CT molecular complexity index is 901. The number of amides is 1. The SMILES string of the molecule is Cn1c(CNC(=O)C2CCCN(S(=O)(=O)c3cccs3)C2)n[nH]c1=S. The van der Waals surface area contributed by atoms with Gasteiger partial charge in [-0.2, -0.15) is 9.40 Å². The second-order valence-electron chi connectivity index (χ2n) is 5.86. The number of carbonyl (C=O) groups excluding carboxylic acids is 1. The topological polar surface area (TPSA) is 100 Å². The molecule has 0 bridgehead atoms. The van der Waals surface area contributed by atoms with Crippen LogP contribution < -0.4 is 5.32 Å². The van der Waals surface area contributed by atoms with Crippen molar-refractivity contribution in [2.45, 2.75) is 23.6 Å². The van der Waals surface area contributed by atoms with E-state index in [1.807, 2.05) is 0 Å². The van der Waals surface area contributed by atoms with Crippen molar-refractivity contribution in [1.82, 2.24) is 24.4 Å². The Balaban J connectivity index is 1.64. The number of sulfonamides is 1. The fourth-order valence-electron chi connectivity index (χ4n) is 2.76. The van der Waals surface area contributed by atoms with Crippen molar-refractivity contribution >= 4 is 39.5 Å². The molecule has 25 heavy (non-hydrogen) atoms. The summed E-state index contributed by atoms with van der Waals surface area (Å²) in [7, 11) is -1.75. The Morgan fingerprint density at radius 1 is 1.56 bits per heavy atom. The van der Waals surface area contributed by atoms with E-state index in [0.29, 0.717) is 34.2 Å². The van der Waals surface area contributed by atoms with Crippen LogP contribution in [0.25, 0.3) is 0 Å². The third-order valence-electron chi connectivity index (χ3n) is 4.24. The minimum Gasteiger partial charge on any atom is -0.349 e. The van der Waals surface area contributed by atoms with Crippen LogP contribution in [0.3, 0.4) is 0 Å². The Labute approximate surface area is 154 Å². The molecule has 2 aromatic heterocycles. The Kier molecular flexibility index (Phi) is 5.37. The van der Waals surface area contributed by atoms with Gasteiger partial charge in [0, 0.05) is 20.1 Å². The highest BCUT2D eigenvalue weighted by atomic mass is 32.2. The third-order valence-corrected chi connectivity index (χ3v) is 7.84. The molecule has 1 aliphatic heterocycles. The maximum absolute atomic E-state index is 12.6. The molecule has 1 saturated heterocycles. The van der Waals surface area contributed by atoms with Gasteiger partial charge in [-0.1, -0.05) is 6.07 Å². The zero-order valence-electron chi connectivity index (χ0n) is 13.6. The first-order valence-electron chi connectivity index (χ1n) is 7.81. The molecular weight excluding hydrogens is 382 g/mol. The lowest BCUT2D eigenvalue weighted by atomic mass is 9.99. The summed E-state index contributed by atoms with van der Waals surface area (Å²) in [5, 5.41) is 11.3. The van der Waals surface area contributed by atoms with Gasteiger partial charge in [0.05, 0.1) is 12.5 Å². The van der Waals surface area contributed by atoms with Crippen LogP contribution in [0, 0.1) is 10.7 Å². The molecule has 1 fully saturated rings. The molecule has 0 saturated carbocycles. The van der Waals surface area contributed by atoms with E-state index in [2.05, 4.69) is 15.5 Å². The van der Waals surface area contributed by atoms with Gasteiger partial charge < -0.3 is 9.88 Å². The van der Waals surface area contributed by atoms with E-state index in [0.717, 1.165) is 0 Å². The molecular formula is C14H19N5O3S3. The first-order valence-corrected chi connectivity index (χ1v) is 10.5. The van der Waals surface area contributed by atoms with Gasteiger partial charge in [-0.05, 0) is 36.5 Å². The third kappa shape index (κ3) is 3.84. The van der Waals surface area contributed by atoms with Crippen molar-refractivity contribution in [2.24, 2.45) is 13.0 Å². The Morgan fingerprint density at radius 3 is 3.00 bits per heavy atom. The molecule has 1 unspecified atom stereocenters. The highest BCUT2D eigenvalue weighted by molar-refractivity contribution is 7.91. The zero-order chi connectivity index (χ0) is 18.0. The number of hydrogen-bond donors (Lipinski definition) is 2. The molecule has 0 aliphatic carbocycles. The number of carbonyl (C=O) groups is 1. The van der Waals surface area contributed by atoms with Gasteiger partial charge in [0.1, 0.15) is 4.21 Å². The number of rotatable bonds is 5. The van der Waals surface area contributed by atoms with Crippen molar-refractivity contribution < 1.29 is 13.2 Å². The van der Waals surface area contributed by atoms with Gasteiger partial charge in [0.15, 0.2) is 10.6 Å². The number of hydrogen-bond acceptors (Lipinski definition) is 6. The van der Waals surface area contributed by atoms with Crippen molar-refractivity contribution in [3.05, 3.63) is 28.1 Å². The lowest BCUT2D eigenvalue weighted by Gasteiger charge is -2.30. The van der Waals surface area contributed by atoms with E-state index in [-0.39, 0.29) is 24.9 Å². The van der Waals surface area contributed by atoms with Crippen LogP contribution in [0.2, 0.25) is 0 Å². The smallest absolute Gasteiger partial charge is 0.252 e. The van der Waals surface area contributed by atoms with Crippen molar-refractivity contribution in [3.63, 3.8) is 0 Å². The molecule has 8 nitrogen and oxygen atoms in total. The summed E-state index contributed by atoms with van der Waals surface area (Å²) >= 11 is 6.22. The quantitative estimate of drug-likeness (QED) is 0.735. The molecule has 0 radical (unpaired) electrons. The first kappa shape index (κ1) is 18.2. The van der Waals surface area contributed by atoms with Crippen LogP contribution in [0.15, 0.2) is 21.7 Å². The van der Waals surface area contributed by atoms with Crippen LogP contribution in [0.5, 0.6) is 0 Å². The van der Waals surface area contributed by atoms with E-state index < -0.39 is 10.0 Å². The van der Waals surface area contributed by atoms with Gasteiger partial charge >= 0.3 is 0 Å². The van der Waals surface area contributed by atoms with Crippen LogP contribution >= 0.6 is 23.6 Å². The highest BCUT2D eigenvalue weighted by Crippen LogP contribution is 2.26. The predicted molar refractivity (Wildman–Crippen MR) is 96.0 cm³/mol. The largest absolute Gasteiger partial charge is 0.349 e. The minimum absolute atomic E-state index is 0.167. The van der Waals surface area contributed by atoms with Crippen molar-refractivity contribution in [3.8, 4) is 0 Å². The van der Waals surface area contributed by atoms with E-state index in [1.165, 1.54) is 15.6 Å². The molecule has 0 spiro atoms. The maximum atomic E-state index is 12.6. The molecule has 0 aromatic carbocycles. The second kappa shape index (κ2) is 7.36. The highest BCUT2D eigenvalue weighted by Gasteiger charge is 2.33. The average molecular weight is 402 g/mol. The fraction of sp³-hybridized carbons (Fsp3) is 0.500. The number of nitrogens with one attached hydrogen (secondary N) is 2. The van der Waals surface area contributed by atoms with Crippen LogP contribution in [-0.2, 0) is 28.4 Å². The summed E-state index contributed by atoms with van der Waals surface area (Å²) in [5.74, 6) is 0.0907. The van der Waals surface area contributed by atoms with E-state index in [1.54, 1.807) is 29.1 Å². The number of piperidine rings is 1. The molecule has 1 atom stereocenters. The summed E-state index contributed by atoms with van der Waals surface area (Å²) in [4.78, 5) is 12.4. The average Bonchev–Trinajstić information content (AvgIpc) is 3.25. The van der Waals surface area contributed by atoms with Gasteiger partial charge in [-0.15, -0.1) is 11.3 Å². The number of aromatic amines is 1. The summed E-state index contributed by atoms with van der Waals surface area (Å²) < 4.78 is 29.1. The van der Waals surface area contributed by atoms with Gasteiger partial charge in [-0.25, -0.2) is 8.42 Å². The standard InChI is InChI=1S/C14H19N5O3S3/c1-18-11(16-17-14(18)23)8-15-13(20)10-4-2-6-19(9-10)25(21,22)12-5-3-7-24-12/h3,5,7,10H,2,4,6,8-9H2,1H3,(H,15,20)(H,17,23). The molecule has 136 valence electrons. The number of H-pyrrole nitrogens is 1. The fourth-order valence-corrected chi connectivity index (χ4v) is 5.58. The molecule has 2 aromatic rings. The molecule has 11 heteroatoms.